The van der Waals surface area contributed by atoms with Crippen molar-refractivity contribution in [2.24, 2.45) is 0 Å². The molecule has 25 atom stereocenters. The van der Waals surface area contributed by atoms with Crippen LogP contribution in [0.4, 0.5) is 0 Å². The molecule has 0 aromatic carbocycles. The van der Waals surface area contributed by atoms with Crippen LogP contribution in [0, 0.1) is 0 Å². The van der Waals surface area contributed by atoms with Crippen LogP contribution in [0.15, 0.2) is 0 Å². The van der Waals surface area contributed by atoms with E-state index in [0.717, 1.165) is 0 Å². The molecule has 0 aliphatic carbocycles. The Morgan fingerprint density at radius 2 is 0.625 bits per heavy atom. The Bertz CT molecular complexity index is 1200. The van der Waals surface area contributed by atoms with Crippen molar-refractivity contribution in [3.05, 3.63) is 0 Å². The smallest absolute Gasteiger partial charge is 0.187 e. The van der Waals surface area contributed by atoms with Crippen molar-refractivity contribution in [3.63, 3.8) is 0 Å². The normalized spacial score (nSPS) is 53.2. The van der Waals surface area contributed by atoms with E-state index in [-0.39, 0.29) is 0 Å². The van der Waals surface area contributed by atoms with Crippen LogP contribution in [0.5, 0.6) is 0 Å². The molecule has 26 nitrogen and oxygen atoms in total. The summed E-state index contributed by atoms with van der Waals surface area (Å²) in [6.45, 7) is -4.28. The molecule has 17 N–H and O–H groups in total. The molecule has 5 fully saturated rings. The fraction of sp³-hybridized carbons (Fsp3) is 1.00. The molecule has 0 saturated carbocycles. The van der Waals surface area contributed by atoms with Crippen LogP contribution < -0.4 is 0 Å². The van der Waals surface area contributed by atoms with Gasteiger partial charge in [-0.15, -0.1) is 0 Å². The lowest BCUT2D eigenvalue weighted by atomic mass is 9.96. The Kier molecular flexibility index (Phi) is 16.1. The van der Waals surface area contributed by atoms with Crippen LogP contribution in [0.25, 0.3) is 0 Å². The van der Waals surface area contributed by atoms with Gasteiger partial charge in [-0.2, -0.15) is 0 Å². The van der Waals surface area contributed by atoms with Gasteiger partial charge in [-0.25, -0.2) is 0 Å². The Balaban J connectivity index is 1.27. The lowest BCUT2D eigenvalue weighted by Gasteiger charge is -2.48. The summed E-state index contributed by atoms with van der Waals surface area (Å²) in [5.74, 6) is 0. The Labute approximate surface area is 316 Å². The highest BCUT2D eigenvalue weighted by atomic mass is 16.8. The summed E-state index contributed by atoms with van der Waals surface area (Å²) in [5, 5.41) is 176. The SMILES string of the molecule is OC[C@H]1O[C@H](O[C@@H]2[C@@H](OC[C@H]3O[C@H](O)[C@@H](O[C@H]4O[C@H](CO)[C@@H](O)[C@H](O)[C@@H]4O[C@H]4O[C@H](CO)[C@@H](O)[C@H](O)[C@@H]4O)[C@@H](O)[C@@H]3O)O[C@H](CO)[C@@H](O)[C@@H]2O)[C@@H](O)[C@@H](O)[C@@H]1O. The van der Waals surface area contributed by atoms with E-state index < -0.39 is 187 Å². The molecule has 5 aliphatic rings. The van der Waals surface area contributed by atoms with Crippen molar-refractivity contribution in [1.82, 2.24) is 0 Å². The van der Waals surface area contributed by atoms with Gasteiger partial charge in [0, 0.05) is 0 Å². The first-order chi connectivity index (χ1) is 26.5. The number of hydrogen-bond donors (Lipinski definition) is 17. The van der Waals surface area contributed by atoms with Crippen molar-refractivity contribution >= 4 is 0 Å². The van der Waals surface area contributed by atoms with Gasteiger partial charge < -0.3 is 129 Å². The largest absolute Gasteiger partial charge is 0.394 e. The average molecular weight is 829 g/mol. The third-order valence-corrected chi connectivity index (χ3v) is 10.3. The maximum Gasteiger partial charge on any atom is 0.187 e. The fourth-order valence-electron chi connectivity index (χ4n) is 6.87. The number of ether oxygens (including phenoxy) is 9. The first-order valence-electron chi connectivity index (χ1n) is 17.6. The van der Waals surface area contributed by atoms with Gasteiger partial charge in [0.05, 0.1) is 33.0 Å². The lowest BCUT2D eigenvalue weighted by Crippen LogP contribution is -2.67. The van der Waals surface area contributed by atoms with Crippen molar-refractivity contribution in [2.75, 3.05) is 33.0 Å². The number of aliphatic hydroxyl groups excluding tert-OH is 17. The zero-order chi connectivity index (χ0) is 41.3. The molecule has 5 saturated heterocycles. The topological polar surface area (TPSA) is 427 Å². The van der Waals surface area contributed by atoms with Gasteiger partial charge in [-0.05, 0) is 0 Å². The third kappa shape index (κ3) is 9.31. The highest BCUT2D eigenvalue weighted by Gasteiger charge is 2.55. The molecule has 0 radical (unpaired) electrons. The van der Waals surface area contributed by atoms with Crippen molar-refractivity contribution in [2.45, 2.75) is 154 Å². The average Bonchev–Trinajstić information content (AvgIpc) is 3.18. The van der Waals surface area contributed by atoms with Crippen molar-refractivity contribution < 1.29 is 129 Å². The minimum Gasteiger partial charge on any atom is -0.394 e. The molecule has 0 aromatic heterocycles. The van der Waals surface area contributed by atoms with E-state index in [1.807, 2.05) is 0 Å². The van der Waals surface area contributed by atoms with Crippen LogP contribution in [-0.2, 0) is 42.6 Å². The first kappa shape index (κ1) is 46.0. The number of aliphatic hydroxyl groups is 17. The van der Waals surface area contributed by atoms with Crippen LogP contribution in [0.1, 0.15) is 0 Å². The van der Waals surface area contributed by atoms with E-state index in [2.05, 4.69) is 0 Å². The Morgan fingerprint density at radius 1 is 0.304 bits per heavy atom. The van der Waals surface area contributed by atoms with Crippen molar-refractivity contribution in [3.8, 4) is 0 Å². The van der Waals surface area contributed by atoms with E-state index in [4.69, 9.17) is 42.6 Å². The zero-order valence-corrected chi connectivity index (χ0v) is 29.2. The first-order valence-corrected chi connectivity index (χ1v) is 17.6. The molecule has 328 valence electrons. The summed E-state index contributed by atoms with van der Waals surface area (Å²) in [4.78, 5) is 0. The Morgan fingerprint density at radius 3 is 1.05 bits per heavy atom. The van der Waals surface area contributed by atoms with Gasteiger partial charge in [-0.1, -0.05) is 0 Å². The summed E-state index contributed by atoms with van der Waals surface area (Å²) in [7, 11) is 0. The molecule has 26 heteroatoms. The van der Waals surface area contributed by atoms with Crippen LogP contribution >= 0.6 is 0 Å². The molecule has 0 unspecified atom stereocenters. The van der Waals surface area contributed by atoms with Crippen molar-refractivity contribution in [1.29, 1.82) is 0 Å². The second kappa shape index (κ2) is 19.6. The molecular weight excluding hydrogens is 776 g/mol. The molecule has 0 amide bonds. The molecule has 5 rings (SSSR count). The quantitative estimate of drug-likeness (QED) is 0.0819. The lowest BCUT2D eigenvalue weighted by molar-refractivity contribution is -0.394. The molecule has 5 heterocycles. The summed E-state index contributed by atoms with van der Waals surface area (Å²) in [6.07, 6.45) is -46.2. The summed E-state index contributed by atoms with van der Waals surface area (Å²) >= 11 is 0. The standard InChI is InChI=1S/C30H52O26/c31-1-6-11(35)16(40)21(45)27(50-6)55-24-19(43)13(37)8(3-33)52-29(24)48-5-10-15(39)18(42)23(26(47)49-10)54-30-25(20(44)14(38)9(4-34)53-30)56-28-22(46)17(41)12(36)7(2-32)51-28/h6-47H,1-5H2/t6-,7-,8-,9-,10-,11-,12-,13-,14-,15-,16+,17+,18+,19+,20+,21+,22+,23+,24+,25+,26+,27-,28-,29+,30-/m1/s1. The van der Waals surface area contributed by atoms with Crippen LogP contribution in [-0.4, -0.2) is 273 Å². The van der Waals surface area contributed by atoms with E-state index in [1.54, 1.807) is 0 Å². The van der Waals surface area contributed by atoms with Gasteiger partial charge in [0.25, 0.3) is 0 Å². The summed E-state index contributed by atoms with van der Waals surface area (Å²) in [5.41, 5.74) is 0. The highest BCUT2D eigenvalue weighted by Crippen LogP contribution is 2.34. The third-order valence-electron chi connectivity index (χ3n) is 10.3. The summed E-state index contributed by atoms with van der Waals surface area (Å²) in [6, 6.07) is 0. The number of hydrogen-bond acceptors (Lipinski definition) is 26. The van der Waals surface area contributed by atoms with Gasteiger partial charge in [-0.3, -0.25) is 0 Å². The molecule has 5 aliphatic heterocycles. The Hall–Kier alpha value is -1.04. The van der Waals surface area contributed by atoms with Gasteiger partial charge >= 0.3 is 0 Å². The fourth-order valence-corrected chi connectivity index (χ4v) is 6.87. The van der Waals surface area contributed by atoms with E-state index in [9.17, 15) is 86.8 Å². The van der Waals surface area contributed by atoms with Gasteiger partial charge in [0.1, 0.15) is 122 Å². The van der Waals surface area contributed by atoms with Gasteiger partial charge in [0.15, 0.2) is 31.5 Å². The minimum atomic E-state index is -2.18. The number of rotatable bonds is 13. The second-order valence-electron chi connectivity index (χ2n) is 14.0. The molecule has 0 bridgehead atoms. The second-order valence-corrected chi connectivity index (χ2v) is 14.0. The predicted molar refractivity (Wildman–Crippen MR) is 167 cm³/mol. The molecular formula is C30H52O26. The summed E-state index contributed by atoms with van der Waals surface area (Å²) < 4.78 is 49.3. The monoisotopic (exact) mass is 828 g/mol. The molecule has 56 heavy (non-hydrogen) atoms. The van der Waals surface area contributed by atoms with E-state index in [1.165, 1.54) is 0 Å². The maximum absolute atomic E-state index is 11.1. The highest BCUT2D eigenvalue weighted by molar-refractivity contribution is 4.97. The molecule has 0 aromatic rings. The molecule has 0 spiro atoms. The van der Waals surface area contributed by atoms with Crippen LogP contribution in [0.2, 0.25) is 0 Å². The van der Waals surface area contributed by atoms with Gasteiger partial charge in [0.2, 0.25) is 0 Å². The van der Waals surface area contributed by atoms with Crippen LogP contribution in [0.3, 0.4) is 0 Å². The minimum absolute atomic E-state index is 0.817. The van der Waals surface area contributed by atoms with E-state index >= 15 is 0 Å². The maximum atomic E-state index is 11.1. The van der Waals surface area contributed by atoms with E-state index in [0.29, 0.717) is 0 Å². The predicted octanol–water partition coefficient (Wildman–Crippen LogP) is -11.9. The zero-order valence-electron chi connectivity index (χ0n) is 29.2.